The molecule has 0 aromatic heterocycles. The molecule has 1 aromatic carbocycles. The van der Waals surface area contributed by atoms with Gasteiger partial charge in [-0.15, -0.1) is 0 Å². The van der Waals surface area contributed by atoms with Crippen molar-refractivity contribution in [2.75, 3.05) is 0 Å². The molecule has 1 aromatic rings. The molecule has 0 heterocycles. The molecule has 0 amide bonds. The van der Waals surface area contributed by atoms with Crippen LogP contribution in [0.1, 0.15) is 37.7 Å². The Morgan fingerprint density at radius 1 is 0.952 bits per heavy atom. The van der Waals surface area contributed by atoms with Gasteiger partial charge in [0.25, 0.3) is 0 Å². The van der Waals surface area contributed by atoms with Crippen molar-refractivity contribution in [1.82, 2.24) is 0 Å². The molecule has 114 valence electrons. The fourth-order valence-electron chi connectivity index (χ4n) is 5.77. The number of benzene rings is 1. The summed E-state index contributed by atoms with van der Waals surface area (Å²) >= 11 is 12.6. The second-order valence-corrected chi connectivity index (χ2v) is 8.39. The summed E-state index contributed by atoms with van der Waals surface area (Å²) in [7, 11) is 0. The summed E-state index contributed by atoms with van der Waals surface area (Å²) in [6.45, 7) is 0. The molecule has 5 rings (SSSR count). The molecule has 21 heavy (non-hydrogen) atoms. The van der Waals surface area contributed by atoms with Gasteiger partial charge in [-0.05, 0) is 85.8 Å². The van der Waals surface area contributed by atoms with E-state index in [9.17, 15) is 0 Å². The molecule has 1 unspecified atom stereocenters. The molecular formula is C18H23Cl2N. The van der Waals surface area contributed by atoms with Crippen LogP contribution in [0.5, 0.6) is 0 Å². The lowest BCUT2D eigenvalue weighted by Crippen LogP contribution is -2.52. The first-order valence-electron chi connectivity index (χ1n) is 8.30. The molecule has 4 aliphatic rings. The molecule has 1 nitrogen and oxygen atoms in total. The summed E-state index contributed by atoms with van der Waals surface area (Å²) in [6, 6.07) is 5.96. The summed E-state index contributed by atoms with van der Waals surface area (Å²) in [5.41, 5.74) is 7.70. The standard InChI is InChI=1S/C18H23Cl2N/c19-15-2-1-3-16(20)14(15)9-17(21)18-12-5-10-4-11(7-12)8-13(18)6-10/h1-3,10-13,17-18H,4-9,21H2. The zero-order chi connectivity index (χ0) is 14.6. The van der Waals surface area contributed by atoms with E-state index in [4.69, 9.17) is 28.9 Å². The molecule has 4 bridgehead atoms. The molecule has 0 spiro atoms. The molecule has 4 saturated carbocycles. The van der Waals surface area contributed by atoms with Crippen LogP contribution in [0, 0.1) is 29.6 Å². The van der Waals surface area contributed by atoms with Crippen molar-refractivity contribution in [1.29, 1.82) is 0 Å². The topological polar surface area (TPSA) is 26.0 Å². The van der Waals surface area contributed by atoms with Gasteiger partial charge in [-0.3, -0.25) is 0 Å². The molecule has 2 N–H and O–H groups in total. The largest absolute Gasteiger partial charge is 0.327 e. The Balaban J connectivity index is 1.54. The van der Waals surface area contributed by atoms with Crippen LogP contribution in [0.4, 0.5) is 0 Å². The van der Waals surface area contributed by atoms with E-state index in [0.717, 1.165) is 45.7 Å². The highest BCUT2D eigenvalue weighted by Gasteiger charge is 2.49. The number of rotatable bonds is 3. The van der Waals surface area contributed by atoms with Gasteiger partial charge < -0.3 is 5.73 Å². The molecule has 0 saturated heterocycles. The zero-order valence-corrected chi connectivity index (χ0v) is 13.8. The van der Waals surface area contributed by atoms with Crippen LogP contribution in [0.3, 0.4) is 0 Å². The van der Waals surface area contributed by atoms with Gasteiger partial charge in [-0.1, -0.05) is 29.3 Å². The third-order valence-corrected chi connectivity index (χ3v) is 7.00. The smallest absolute Gasteiger partial charge is 0.0453 e. The maximum absolute atomic E-state index is 6.65. The number of nitrogens with two attached hydrogens (primary N) is 1. The Morgan fingerprint density at radius 2 is 1.48 bits per heavy atom. The summed E-state index contributed by atoms with van der Waals surface area (Å²) in [5, 5.41) is 1.53. The van der Waals surface area contributed by atoms with E-state index in [0.29, 0.717) is 5.92 Å². The van der Waals surface area contributed by atoms with E-state index in [-0.39, 0.29) is 6.04 Å². The highest BCUT2D eigenvalue weighted by Crippen LogP contribution is 2.57. The van der Waals surface area contributed by atoms with Gasteiger partial charge in [0.2, 0.25) is 0 Å². The fraction of sp³-hybridized carbons (Fsp3) is 0.667. The summed E-state index contributed by atoms with van der Waals surface area (Å²) in [6.07, 6.45) is 7.99. The minimum atomic E-state index is 0.206. The maximum atomic E-state index is 6.65. The van der Waals surface area contributed by atoms with Gasteiger partial charge in [-0.25, -0.2) is 0 Å². The van der Waals surface area contributed by atoms with Gasteiger partial charge in [0.15, 0.2) is 0 Å². The normalized spacial score (nSPS) is 38.7. The zero-order valence-electron chi connectivity index (χ0n) is 12.3. The van der Waals surface area contributed by atoms with Crippen LogP contribution in [0.2, 0.25) is 10.0 Å². The van der Waals surface area contributed by atoms with Crippen LogP contribution in [0.25, 0.3) is 0 Å². The van der Waals surface area contributed by atoms with Crippen molar-refractivity contribution < 1.29 is 0 Å². The lowest BCUT2D eigenvalue weighted by Gasteiger charge is -2.56. The minimum absolute atomic E-state index is 0.206. The molecule has 0 radical (unpaired) electrons. The van der Waals surface area contributed by atoms with Crippen molar-refractivity contribution in [3.05, 3.63) is 33.8 Å². The van der Waals surface area contributed by atoms with Crippen molar-refractivity contribution in [2.45, 2.75) is 44.6 Å². The van der Waals surface area contributed by atoms with E-state index in [1.807, 2.05) is 18.2 Å². The first-order chi connectivity index (χ1) is 10.1. The third kappa shape index (κ3) is 2.52. The predicted octanol–water partition coefficient (Wildman–Crippen LogP) is 4.94. The number of hydrogen-bond acceptors (Lipinski definition) is 1. The second kappa shape index (κ2) is 5.44. The van der Waals surface area contributed by atoms with Gasteiger partial charge in [0.1, 0.15) is 0 Å². The Morgan fingerprint density at radius 3 is 2.00 bits per heavy atom. The van der Waals surface area contributed by atoms with Gasteiger partial charge in [0.05, 0.1) is 0 Å². The second-order valence-electron chi connectivity index (χ2n) is 7.58. The van der Waals surface area contributed by atoms with Crippen LogP contribution in [-0.2, 0) is 6.42 Å². The lowest BCUT2D eigenvalue weighted by molar-refractivity contribution is -0.0464. The van der Waals surface area contributed by atoms with Gasteiger partial charge >= 0.3 is 0 Å². The average molecular weight is 324 g/mol. The van der Waals surface area contributed by atoms with Gasteiger partial charge in [-0.2, -0.15) is 0 Å². The Bertz CT molecular complexity index is 494. The predicted molar refractivity (Wildman–Crippen MR) is 88.7 cm³/mol. The maximum Gasteiger partial charge on any atom is 0.0453 e. The quantitative estimate of drug-likeness (QED) is 0.838. The van der Waals surface area contributed by atoms with Crippen LogP contribution >= 0.6 is 23.2 Å². The van der Waals surface area contributed by atoms with E-state index in [1.165, 1.54) is 32.1 Å². The van der Waals surface area contributed by atoms with Crippen molar-refractivity contribution in [2.24, 2.45) is 35.3 Å². The highest BCUT2D eigenvalue weighted by atomic mass is 35.5. The van der Waals surface area contributed by atoms with Crippen LogP contribution in [0.15, 0.2) is 18.2 Å². The van der Waals surface area contributed by atoms with Gasteiger partial charge in [0, 0.05) is 16.1 Å². The minimum Gasteiger partial charge on any atom is -0.327 e. The molecule has 1 atom stereocenters. The fourth-order valence-corrected chi connectivity index (χ4v) is 6.32. The molecular weight excluding hydrogens is 301 g/mol. The molecule has 0 aliphatic heterocycles. The Hall–Kier alpha value is -0.240. The van der Waals surface area contributed by atoms with Crippen molar-refractivity contribution >= 4 is 23.2 Å². The third-order valence-electron chi connectivity index (χ3n) is 6.30. The first-order valence-corrected chi connectivity index (χ1v) is 9.06. The number of hydrogen-bond donors (Lipinski definition) is 1. The summed E-state index contributed by atoms with van der Waals surface area (Å²) < 4.78 is 0. The van der Waals surface area contributed by atoms with E-state index >= 15 is 0 Å². The SMILES string of the molecule is NC(Cc1c(Cl)cccc1Cl)C1C2CC3CC(C2)CC1C3. The summed E-state index contributed by atoms with van der Waals surface area (Å²) in [5.74, 6) is 4.40. The molecule has 3 heteroatoms. The van der Waals surface area contributed by atoms with Crippen LogP contribution in [-0.4, -0.2) is 6.04 Å². The average Bonchev–Trinajstić information content (AvgIpc) is 2.42. The highest BCUT2D eigenvalue weighted by molar-refractivity contribution is 6.36. The lowest BCUT2D eigenvalue weighted by atomic mass is 9.50. The van der Waals surface area contributed by atoms with Crippen molar-refractivity contribution in [3.63, 3.8) is 0 Å². The first kappa shape index (κ1) is 14.4. The van der Waals surface area contributed by atoms with E-state index in [2.05, 4.69) is 0 Å². The Labute approximate surface area is 137 Å². The number of halogens is 2. The Kier molecular flexibility index (Phi) is 3.72. The molecule has 4 aliphatic carbocycles. The van der Waals surface area contributed by atoms with E-state index < -0.39 is 0 Å². The van der Waals surface area contributed by atoms with E-state index in [1.54, 1.807) is 0 Å². The monoisotopic (exact) mass is 323 g/mol. The van der Waals surface area contributed by atoms with Crippen LogP contribution < -0.4 is 5.73 Å². The molecule has 4 fully saturated rings. The summed E-state index contributed by atoms with van der Waals surface area (Å²) in [4.78, 5) is 0. The van der Waals surface area contributed by atoms with Crippen molar-refractivity contribution in [3.8, 4) is 0 Å².